The predicted molar refractivity (Wildman–Crippen MR) is 134 cm³/mol. The number of hydrogen-bond acceptors (Lipinski definition) is 5. The third kappa shape index (κ3) is 5.28. The van der Waals surface area contributed by atoms with Gasteiger partial charge in [0.2, 0.25) is 0 Å². The Morgan fingerprint density at radius 3 is 2.53 bits per heavy atom. The lowest BCUT2D eigenvalue weighted by Crippen LogP contribution is -2.21. The molecule has 166 valence electrons. The molecule has 0 atom stereocenters. The molecule has 1 aliphatic carbocycles. The van der Waals surface area contributed by atoms with E-state index in [9.17, 15) is 0 Å². The number of amidine groups is 1. The summed E-state index contributed by atoms with van der Waals surface area (Å²) in [5, 5.41) is 5.71. The standard InChI is InChI=1S/C24H25ClN4O2S/c1-7-30-31-29-23(32)20(22(26-4)27-29)13-18-15-24(2,3)14-17(21(18)25)12-16-8-10-19(11-9-16)28(5)6/h7-13H,1,14-15H2,2-3,5-6H3. The summed E-state index contributed by atoms with van der Waals surface area (Å²) in [4.78, 5) is 15.4. The lowest BCUT2D eigenvalue weighted by molar-refractivity contribution is -0.367. The van der Waals surface area contributed by atoms with Crippen molar-refractivity contribution in [3.05, 3.63) is 81.9 Å². The second-order valence-corrected chi connectivity index (χ2v) is 9.29. The van der Waals surface area contributed by atoms with Crippen molar-refractivity contribution in [1.82, 2.24) is 5.17 Å². The Hall–Kier alpha value is -2.92. The van der Waals surface area contributed by atoms with E-state index in [1.807, 2.05) is 20.2 Å². The largest absolute Gasteiger partial charge is 0.378 e. The number of nitrogens with zero attached hydrogens (tertiary/aromatic N) is 4. The monoisotopic (exact) mass is 468 g/mol. The molecule has 0 saturated heterocycles. The van der Waals surface area contributed by atoms with Crippen LogP contribution in [0.1, 0.15) is 32.3 Å². The fourth-order valence-corrected chi connectivity index (χ4v) is 4.11. The van der Waals surface area contributed by atoms with Gasteiger partial charge in [0, 0.05) is 35.5 Å². The molecule has 0 N–H and O–H groups in total. The van der Waals surface area contributed by atoms with Crippen molar-refractivity contribution in [2.24, 2.45) is 10.5 Å². The van der Waals surface area contributed by atoms with E-state index in [1.165, 1.54) is 0 Å². The van der Waals surface area contributed by atoms with Crippen molar-refractivity contribution in [3.8, 4) is 0 Å². The normalized spacial score (nSPS) is 20.4. The lowest BCUT2D eigenvalue weighted by atomic mass is 9.74. The topological polar surface area (TPSA) is 41.7 Å². The first kappa shape index (κ1) is 23.7. The van der Waals surface area contributed by atoms with Gasteiger partial charge in [0.1, 0.15) is 6.26 Å². The minimum absolute atomic E-state index is 0.0159. The molecular formula is C24H25ClN4O2S. The summed E-state index contributed by atoms with van der Waals surface area (Å²) >= 11 is 12.3. The number of halogens is 1. The fourth-order valence-electron chi connectivity index (χ4n) is 3.64. The molecule has 1 heterocycles. The molecule has 0 unspecified atom stereocenters. The summed E-state index contributed by atoms with van der Waals surface area (Å²) in [7, 11) is 4.03. The van der Waals surface area contributed by atoms with Crippen LogP contribution in [0.3, 0.4) is 0 Å². The molecular weight excluding hydrogens is 444 g/mol. The third-order valence-corrected chi connectivity index (χ3v) is 5.95. The first-order valence-electron chi connectivity index (χ1n) is 9.99. The van der Waals surface area contributed by atoms with Gasteiger partial charge in [-0.05, 0) is 57.3 Å². The molecule has 2 aliphatic rings. The van der Waals surface area contributed by atoms with Gasteiger partial charge in [0.25, 0.3) is 0 Å². The van der Waals surface area contributed by atoms with Crippen LogP contribution in [0.25, 0.3) is 10.9 Å². The second kappa shape index (κ2) is 9.70. The van der Waals surface area contributed by atoms with Crippen LogP contribution in [-0.2, 0) is 9.88 Å². The van der Waals surface area contributed by atoms with Crippen molar-refractivity contribution in [3.63, 3.8) is 0 Å². The molecule has 0 aromatic heterocycles. The van der Waals surface area contributed by atoms with E-state index >= 15 is 0 Å². The average molecular weight is 469 g/mol. The average Bonchev–Trinajstić information content (AvgIpc) is 3.04. The molecule has 0 spiro atoms. The Balaban J connectivity index is 1.99. The number of rotatable bonds is 6. The first-order valence-corrected chi connectivity index (χ1v) is 10.8. The number of hydroxylamine groups is 1. The summed E-state index contributed by atoms with van der Waals surface area (Å²) in [6.07, 6.45) is 6.63. The minimum atomic E-state index is -0.0159. The van der Waals surface area contributed by atoms with Gasteiger partial charge in [-0.1, -0.05) is 75.1 Å². The van der Waals surface area contributed by atoms with Crippen molar-refractivity contribution in [2.75, 3.05) is 19.0 Å². The number of hydrogen-bond donors (Lipinski definition) is 0. The van der Waals surface area contributed by atoms with Gasteiger partial charge in [-0.15, -0.1) is 0 Å². The van der Waals surface area contributed by atoms with Crippen LogP contribution in [0.4, 0.5) is 5.69 Å². The van der Waals surface area contributed by atoms with Crippen LogP contribution in [0.15, 0.2) is 70.0 Å². The zero-order chi connectivity index (χ0) is 23.5. The highest BCUT2D eigenvalue weighted by molar-refractivity contribution is 7.80. The Kier molecular flexibility index (Phi) is 7.19. The predicted octanol–water partition coefficient (Wildman–Crippen LogP) is 6.26. The maximum Gasteiger partial charge on any atom is 0.307 e. The van der Waals surface area contributed by atoms with Gasteiger partial charge in [-0.25, -0.2) is 0 Å². The van der Waals surface area contributed by atoms with Crippen molar-refractivity contribution in [2.45, 2.75) is 26.7 Å². The van der Waals surface area contributed by atoms with E-state index in [4.69, 9.17) is 40.3 Å². The summed E-state index contributed by atoms with van der Waals surface area (Å²) in [5.74, 6) is 0.118. The molecule has 0 amide bonds. The Bertz CT molecular complexity index is 1090. The van der Waals surface area contributed by atoms with Crippen LogP contribution < -0.4 is 4.90 Å². The molecule has 6 nitrogen and oxygen atoms in total. The van der Waals surface area contributed by atoms with Gasteiger partial charge in [0.05, 0.1) is 0 Å². The minimum Gasteiger partial charge on any atom is -0.378 e. The Morgan fingerprint density at radius 2 is 1.94 bits per heavy atom. The van der Waals surface area contributed by atoms with Crippen LogP contribution in [-0.4, -0.2) is 30.1 Å². The van der Waals surface area contributed by atoms with Crippen LogP contribution in [0.2, 0.25) is 0 Å². The van der Waals surface area contributed by atoms with Gasteiger partial charge < -0.3 is 14.6 Å². The maximum absolute atomic E-state index is 7.46. The molecule has 1 aromatic rings. The second-order valence-electron chi connectivity index (χ2n) is 8.52. The summed E-state index contributed by atoms with van der Waals surface area (Å²) in [6.45, 7) is 15.3. The number of allylic oxidation sites excluding steroid dienone is 4. The summed E-state index contributed by atoms with van der Waals surface area (Å²) < 4.78 is 0. The van der Waals surface area contributed by atoms with E-state index in [0.29, 0.717) is 10.6 Å². The highest BCUT2D eigenvalue weighted by Gasteiger charge is 2.34. The number of benzene rings is 1. The van der Waals surface area contributed by atoms with Gasteiger partial charge >= 0.3 is 5.84 Å². The van der Waals surface area contributed by atoms with Crippen LogP contribution >= 0.6 is 23.8 Å². The number of hydrazone groups is 1. The smallest absolute Gasteiger partial charge is 0.307 e. The van der Waals surface area contributed by atoms with E-state index in [0.717, 1.165) is 46.7 Å². The highest BCUT2D eigenvalue weighted by Crippen LogP contribution is 2.45. The SMILES string of the molecule is [C-]#[N+]C1=NN(OOC=C)C(=S)C1=CC1=C(Cl)C(=Cc2ccc(N(C)C)cc2)CC(C)(C)C1. The molecule has 32 heavy (non-hydrogen) atoms. The van der Waals surface area contributed by atoms with Crippen molar-refractivity contribution in [1.29, 1.82) is 0 Å². The number of anilines is 1. The van der Waals surface area contributed by atoms with E-state index < -0.39 is 0 Å². The molecule has 0 radical (unpaired) electrons. The van der Waals surface area contributed by atoms with Crippen LogP contribution in [0.5, 0.6) is 0 Å². The van der Waals surface area contributed by atoms with Crippen molar-refractivity contribution < 1.29 is 9.88 Å². The Labute approximate surface area is 199 Å². The fraction of sp³-hybridized carbons (Fsp3) is 0.292. The zero-order valence-electron chi connectivity index (χ0n) is 18.6. The summed E-state index contributed by atoms with van der Waals surface area (Å²) in [6, 6.07) is 8.32. The van der Waals surface area contributed by atoms with E-state index in [-0.39, 0.29) is 16.2 Å². The molecule has 1 aromatic carbocycles. The molecule has 8 heteroatoms. The third-order valence-electron chi connectivity index (χ3n) is 5.09. The van der Waals surface area contributed by atoms with Gasteiger partial charge in [-0.2, -0.15) is 0 Å². The highest BCUT2D eigenvalue weighted by atomic mass is 35.5. The van der Waals surface area contributed by atoms with Gasteiger partial charge in [0.15, 0.2) is 4.99 Å². The molecule has 0 fully saturated rings. The molecule has 1 aliphatic heterocycles. The van der Waals surface area contributed by atoms with E-state index in [2.05, 4.69) is 65.6 Å². The Morgan fingerprint density at radius 1 is 1.25 bits per heavy atom. The van der Waals surface area contributed by atoms with Gasteiger partial charge in [-0.3, -0.25) is 0 Å². The maximum atomic E-state index is 7.46. The van der Waals surface area contributed by atoms with Crippen LogP contribution in [0, 0.1) is 12.0 Å². The molecule has 0 saturated carbocycles. The van der Waals surface area contributed by atoms with E-state index in [1.54, 1.807) is 0 Å². The molecule has 3 rings (SSSR count). The summed E-state index contributed by atoms with van der Waals surface area (Å²) in [5.41, 5.74) is 4.62. The molecule has 0 bridgehead atoms. The lowest BCUT2D eigenvalue weighted by Gasteiger charge is -2.32. The number of thiocarbonyl (C=S) groups is 1. The first-order chi connectivity index (χ1) is 15.1. The zero-order valence-corrected chi connectivity index (χ0v) is 20.1. The van der Waals surface area contributed by atoms with Crippen molar-refractivity contribution >= 4 is 46.4 Å². The quantitative estimate of drug-likeness (QED) is 0.123.